The van der Waals surface area contributed by atoms with E-state index in [1.807, 2.05) is 12.1 Å². The van der Waals surface area contributed by atoms with E-state index in [9.17, 15) is 14.9 Å². The van der Waals surface area contributed by atoms with E-state index in [1.54, 1.807) is 48.5 Å². The second kappa shape index (κ2) is 6.75. The van der Waals surface area contributed by atoms with Crippen LogP contribution >= 0.6 is 0 Å². The van der Waals surface area contributed by atoms with Gasteiger partial charge in [0.2, 0.25) is 0 Å². The molecule has 0 saturated carbocycles. The van der Waals surface area contributed by atoms with Crippen molar-refractivity contribution in [3.8, 4) is 11.5 Å². The van der Waals surface area contributed by atoms with Crippen molar-refractivity contribution in [3.05, 3.63) is 100 Å². The van der Waals surface area contributed by atoms with Gasteiger partial charge in [-0.3, -0.25) is 14.9 Å². The van der Waals surface area contributed by atoms with Gasteiger partial charge in [0.05, 0.1) is 16.6 Å². The second-order valence-electron chi connectivity index (χ2n) is 5.05. The summed E-state index contributed by atoms with van der Waals surface area (Å²) in [5, 5.41) is 11.0. The zero-order valence-corrected chi connectivity index (χ0v) is 12.6. The number of para-hydroxylation sites is 1. The summed E-state index contributed by atoms with van der Waals surface area (Å²) in [6.07, 6.45) is 0. The first-order valence-electron chi connectivity index (χ1n) is 7.26. The number of non-ortho nitro benzene ring substituents is 1. The van der Waals surface area contributed by atoms with Crippen molar-refractivity contribution in [2.24, 2.45) is 0 Å². The Kier molecular flexibility index (Phi) is 4.34. The topological polar surface area (TPSA) is 69.4 Å². The molecule has 0 N–H and O–H groups in total. The van der Waals surface area contributed by atoms with Gasteiger partial charge in [-0.25, -0.2) is 0 Å². The number of nitro benzene ring substituents is 1. The lowest BCUT2D eigenvalue weighted by Gasteiger charge is -2.10. The molecule has 0 fully saturated rings. The number of nitrogens with zero attached hydrogens (tertiary/aromatic N) is 1. The molecule has 0 heterocycles. The van der Waals surface area contributed by atoms with Crippen LogP contribution in [-0.4, -0.2) is 10.7 Å². The number of carbonyl (C=O) groups excluding carboxylic acids is 1. The Bertz CT molecular complexity index is 876. The number of ketones is 1. The van der Waals surface area contributed by atoms with Gasteiger partial charge in [-0.15, -0.1) is 0 Å². The lowest BCUT2D eigenvalue weighted by atomic mass is 10.0. The first-order chi connectivity index (χ1) is 11.6. The zero-order valence-electron chi connectivity index (χ0n) is 12.6. The van der Waals surface area contributed by atoms with Gasteiger partial charge in [0, 0.05) is 11.6 Å². The van der Waals surface area contributed by atoms with Gasteiger partial charge in [-0.2, -0.15) is 0 Å². The fourth-order valence-electron chi connectivity index (χ4n) is 2.26. The summed E-state index contributed by atoms with van der Waals surface area (Å²) in [6, 6.07) is 21.5. The summed E-state index contributed by atoms with van der Waals surface area (Å²) in [7, 11) is 0. The lowest BCUT2D eigenvalue weighted by Crippen LogP contribution is -2.04. The molecule has 3 rings (SSSR count). The maximum atomic E-state index is 12.7. The fraction of sp³-hybridized carbons (Fsp3) is 0. The van der Waals surface area contributed by atoms with Gasteiger partial charge < -0.3 is 4.74 Å². The molecular formula is C19H13NO4. The molecule has 0 unspecified atom stereocenters. The molecule has 118 valence electrons. The Labute approximate surface area is 138 Å². The normalized spacial score (nSPS) is 10.2. The average Bonchev–Trinajstić information content (AvgIpc) is 2.62. The van der Waals surface area contributed by atoms with Crippen LogP contribution in [0.1, 0.15) is 15.9 Å². The molecule has 0 saturated heterocycles. The summed E-state index contributed by atoms with van der Waals surface area (Å²) in [4.78, 5) is 23.2. The highest BCUT2D eigenvalue weighted by Crippen LogP contribution is 2.31. The van der Waals surface area contributed by atoms with E-state index in [-0.39, 0.29) is 22.8 Å². The van der Waals surface area contributed by atoms with Gasteiger partial charge in [0.25, 0.3) is 5.69 Å². The van der Waals surface area contributed by atoms with E-state index < -0.39 is 4.92 Å². The third kappa shape index (κ3) is 3.30. The monoisotopic (exact) mass is 319 g/mol. The molecule has 0 aromatic heterocycles. The van der Waals surface area contributed by atoms with Crippen molar-refractivity contribution in [1.29, 1.82) is 0 Å². The van der Waals surface area contributed by atoms with Crippen molar-refractivity contribution < 1.29 is 14.5 Å². The van der Waals surface area contributed by atoms with E-state index >= 15 is 0 Å². The van der Waals surface area contributed by atoms with Crippen LogP contribution in [0, 0.1) is 10.1 Å². The minimum Gasteiger partial charge on any atom is -0.456 e. The lowest BCUT2D eigenvalue weighted by molar-refractivity contribution is -0.384. The summed E-state index contributed by atoms with van der Waals surface area (Å²) in [6.45, 7) is 0. The quantitative estimate of drug-likeness (QED) is 0.391. The number of hydrogen-bond acceptors (Lipinski definition) is 4. The Morgan fingerprint density at radius 3 is 2.12 bits per heavy atom. The highest BCUT2D eigenvalue weighted by Gasteiger charge is 2.19. The van der Waals surface area contributed by atoms with Gasteiger partial charge in [0.1, 0.15) is 11.5 Å². The summed E-state index contributed by atoms with van der Waals surface area (Å²) < 4.78 is 5.72. The molecule has 0 amide bonds. The number of hydrogen-bond donors (Lipinski definition) is 0. The van der Waals surface area contributed by atoms with Crippen LogP contribution in [0.15, 0.2) is 78.9 Å². The highest BCUT2D eigenvalue weighted by molar-refractivity contribution is 6.10. The summed E-state index contributed by atoms with van der Waals surface area (Å²) in [5.41, 5.74) is 0.630. The molecule has 0 atom stereocenters. The highest BCUT2D eigenvalue weighted by atomic mass is 16.6. The second-order valence-corrected chi connectivity index (χ2v) is 5.05. The molecule has 0 aliphatic heterocycles. The Hall–Kier alpha value is -3.47. The first kappa shape index (κ1) is 15.4. The van der Waals surface area contributed by atoms with Crippen molar-refractivity contribution in [1.82, 2.24) is 0 Å². The molecule has 5 nitrogen and oxygen atoms in total. The van der Waals surface area contributed by atoms with Crippen LogP contribution in [-0.2, 0) is 0 Å². The third-order valence-electron chi connectivity index (χ3n) is 3.43. The largest absolute Gasteiger partial charge is 0.456 e. The minimum absolute atomic E-state index is 0.134. The fourth-order valence-corrected chi connectivity index (χ4v) is 2.26. The van der Waals surface area contributed by atoms with Gasteiger partial charge >= 0.3 is 0 Å². The number of nitro groups is 1. The molecule has 5 heteroatoms. The van der Waals surface area contributed by atoms with Crippen LogP contribution in [0.3, 0.4) is 0 Å². The smallest absolute Gasteiger partial charge is 0.273 e. The Balaban J connectivity index is 2.05. The number of rotatable bonds is 5. The molecular weight excluding hydrogens is 306 g/mol. The molecule has 0 aliphatic rings. The van der Waals surface area contributed by atoms with E-state index in [0.29, 0.717) is 11.3 Å². The van der Waals surface area contributed by atoms with E-state index in [0.717, 1.165) is 0 Å². The number of ether oxygens (including phenoxy) is 1. The summed E-state index contributed by atoms with van der Waals surface area (Å²) >= 11 is 0. The Morgan fingerprint density at radius 2 is 1.50 bits per heavy atom. The zero-order chi connectivity index (χ0) is 16.9. The van der Waals surface area contributed by atoms with E-state index in [2.05, 4.69) is 0 Å². The Morgan fingerprint density at radius 1 is 0.875 bits per heavy atom. The minimum atomic E-state index is -0.519. The van der Waals surface area contributed by atoms with Gasteiger partial charge in [-0.1, -0.05) is 48.5 Å². The van der Waals surface area contributed by atoms with Crippen LogP contribution in [0.4, 0.5) is 5.69 Å². The maximum absolute atomic E-state index is 12.7. The third-order valence-corrected chi connectivity index (χ3v) is 3.43. The van der Waals surface area contributed by atoms with Gasteiger partial charge in [0.15, 0.2) is 5.78 Å². The van der Waals surface area contributed by atoms with Crippen molar-refractivity contribution in [2.75, 3.05) is 0 Å². The van der Waals surface area contributed by atoms with Crippen LogP contribution in [0.25, 0.3) is 0 Å². The number of carbonyl (C=O) groups is 1. The molecule has 0 spiro atoms. The van der Waals surface area contributed by atoms with E-state index in [1.165, 1.54) is 18.2 Å². The molecule has 0 bridgehead atoms. The van der Waals surface area contributed by atoms with Crippen LogP contribution < -0.4 is 4.74 Å². The maximum Gasteiger partial charge on any atom is 0.273 e. The van der Waals surface area contributed by atoms with Crippen molar-refractivity contribution in [3.63, 3.8) is 0 Å². The molecule has 0 aliphatic carbocycles. The van der Waals surface area contributed by atoms with Gasteiger partial charge in [-0.05, 0) is 18.2 Å². The average molecular weight is 319 g/mol. The number of benzene rings is 3. The molecule has 3 aromatic rings. The molecule has 0 radical (unpaired) electrons. The first-order valence-corrected chi connectivity index (χ1v) is 7.26. The van der Waals surface area contributed by atoms with Crippen molar-refractivity contribution in [2.45, 2.75) is 0 Å². The molecule has 3 aromatic carbocycles. The molecule has 24 heavy (non-hydrogen) atoms. The van der Waals surface area contributed by atoms with Crippen LogP contribution in [0.2, 0.25) is 0 Å². The predicted molar refractivity (Wildman–Crippen MR) is 89.5 cm³/mol. The van der Waals surface area contributed by atoms with E-state index in [4.69, 9.17) is 4.74 Å². The standard InChI is InChI=1S/C19H13NO4/c21-19(14-7-3-1-4-8-14)17-12-11-15(20(22)23)13-18(17)24-16-9-5-2-6-10-16/h1-13H. The summed E-state index contributed by atoms with van der Waals surface area (Å²) in [5.74, 6) is 0.404. The SMILES string of the molecule is O=C(c1ccccc1)c1ccc([N+](=O)[O-])cc1Oc1ccccc1. The predicted octanol–water partition coefficient (Wildman–Crippen LogP) is 4.62. The van der Waals surface area contributed by atoms with Crippen molar-refractivity contribution >= 4 is 11.5 Å². The van der Waals surface area contributed by atoms with Crippen LogP contribution in [0.5, 0.6) is 11.5 Å².